The molecule has 2 aromatic carbocycles. The van der Waals surface area contributed by atoms with Crippen molar-refractivity contribution in [1.29, 1.82) is 0 Å². The van der Waals surface area contributed by atoms with Gasteiger partial charge in [-0.25, -0.2) is 0 Å². The normalized spacial score (nSPS) is 10.8. The van der Waals surface area contributed by atoms with E-state index < -0.39 is 0 Å². The molecule has 0 fully saturated rings. The lowest BCUT2D eigenvalue weighted by molar-refractivity contribution is 1.07. The van der Waals surface area contributed by atoms with Crippen LogP contribution in [-0.4, -0.2) is 4.98 Å². The van der Waals surface area contributed by atoms with Gasteiger partial charge < -0.3 is 5.73 Å². The minimum atomic E-state index is 0.451. The third-order valence-electron chi connectivity index (χ3n) is 3.25. The van der Waals surface area contributed by atoms with E-state index in [1.807, 2.05) is 42.7 Å². The van der Waals surface area contributed by atoms with Crippen LogP contribution in [0.5, 0.6) is 0 Å². The molecular weight excluding hydrogens is 256 g/mol. The molecule has 0 spiro atoms. The summed E-state index contributed by atoms with van der Waals surface area (Å²) in [5.74, 6) is 0. The second-order valence-corrected chi connectivity index (χ2v) is 4.83. The Labute approximate surface area is 116 Å². The van der Waals surface area contributed by atoms with Crippen LogP contribution < -0.4 is 5.73 Å². The fourth-order valence-corrected chi connectivity index (χ4v) is 2.48. The molecule has 0 amide bonds. The lowest BCUT2D eigenvalue weighted by atomic mass is 10.00. The summed E-state index contributed by atoms with van der Waals surface area (Å²) in [5.41, 5.74) is 8.74. The molecule has 1 heterocycles. The molecule has 3 heteroatoms. The Morgan fingerprint density at radius 1 is 1.05 bits per heavy atom. The van der Waals surface area contributed by atoms with Crippen molar-refractivity contribution >= 4 is 22.4 Å². The quantitative estimate of drug-likeness (QED) is 0.763. The average molecular weight is 269 g/mol. The van der Waals surface area contributed by atoms with Crippen molar-refractivity contribution in [2.45, 2.75) is 6.54 Å². The maximum Gasteiger partial charge on any atom is 0.0457 e. The fraction of sp³-hybridized carbons (Fsp3) is 0.0625. The number of hydrogen-bond donors (Lipinski definition) is 1. The van der Waals surface area contributed by atoms with Crippen LogP contribution in [0.4, 0.5) is 0 Å². The fourth-order valence-electron chi connectivity index (χ4n) is 2.23. The third kappa shape index (κ3) is 2.21. The van der Waals surface area contributed by atoms with E-state index in [1.165, 1.54) is 5.39 Å². The molecule has 0 radical (unpaired) electrons. The molecule has 3 rings (SSSR count). The zero-order chi connectivity index (χ0) is 13.2. The number of halogens is 1. The molecule has 94 valence electrons. The lowest BCUT2D eigenvalue weighted by Crippen LogP contribution is -1.97. The van der Waals surface area contributed by atoms with Gasteiger partial charge in [-0.3, -0.25) is 4.98 Å². The molecule has 0 aliphatic rings. The Hall–Kier alpha value is -1.90. The number of rotatable bonds is 2. The van der Waals surface area contributed by atoms with Gasteiger partial charge >= 0.3 is 0 Å². The number of nitrogens with zero attached hydrogens (tertiary/aromatic N) is 1. The first-order valence-electron chi connectivity index (χ1n) is 6.11. The largest absolute Gasteiger partial charge is 0.326 e. The molecule has 2 N–H and O–H groups in total. The minimum absolute atomic E-state index is 0.451. The summed E-state index contributed by atoms with van der Waals surface area (Å²) < 4.78 is 0. The highest BCUT2D eigenvalue weighted by Crippen LogP contribution is 2.30. The topological polar surface area (TPSA) is 38.9 Å². The highest BCUT2D eigenvalue weighted by Gasteiger charge is 2.06. The van der Waals surface area contributed by atoms with Crippen LogP contribution in [0.15, 0.2) is 54.9 Å². The van der Waals surface area contributed by atoms with Crippen LogP contribution in [0.2, 0.25) is 5.02 Å². The van der Waals surface area contributed by atoms with Gasteiger partial charge in [0.05, 0.1) is 0 Å². The summed E-state index contributed by atoms with van der Waals surface area (Å²) in [6.45, 7) is 0.451. The van der Waals surface area contributed by atoms with Crippen molar-refractivity contribution in [3.05, 3.63) is 65.4 Å². The Morgan fingerprint density at radius 2 is 1.89 bits per heavy atom. The van der Waals surface area contributed by atoms with Gasteiger partial charge in [0.2, 0.25) is 0 Å². The SMILES string of the molecule is NCc1ccc(-c2cncc3ccccc23)cc1Cl. The van der Waals surface area contributed by atoms with Crippen molar-refractivity contribution in [1.82, 2.24) is 4.98 Å². The predicted molar refractivity (Wildman–Crippen MR) is 80.1 cm³/mol. The highest BCUT2D eigenvalue weighted by molar-refractivity contribution is 6.31. The molecule has 0 unspecified atom stereocenters. The second-order valence-electron chi connectivity index (χ2n) is 4.42. The van der Waals surface area contributed by atoms with E-state index in [2.05, 4.69) is 17.1 Å². The zero-order valence-corrected chi connectivity index (χ0v) is 11.1. The molecule has 1 aromatic heterocycles. The lowest BCUT2D eigenvalue weighted by Gasteiger charge is -2.08. The van der Waals surface area contributed by atoms with E-state index in [0.29, 0.717) is 11.6 Å². The molecule has 0 aliphatic carbocycles. The van der Waals surface area contributed by atoms with Gasteiger partial charge in [-0.05, 0) is 22.6 Å². The standard InChI is InChI=1S/C16H13ClN2/c17-16-7-11(5-6-12(16)8-18)15-10-19-9-13-3-1-2-4-14(13)15/h1-7,9-10H,8,18H2. The number of pyridine rings is 1. The zero-order valence-electron chi connectivity index (χ0n) is 10.3. The van der Waals surface area contributed by atoms with Crippen LogP contribution in [0.1, 0.15) is 5.56 Å². The molecule has 0 saturated carbocycles. The van der Waals surface area contributed by atoms with E-state index in [9.17, 15) is 0 Å². The van der Waals surface area contributed by atoms with Crippen LogP contribution in [0.3, 0.4) is 0 Å². The average Bonchev–Trinajstić information content (AvgIpc) is 2.46. The van der Waals surface area contributed by atoms with E-state index in [4.69, 9.17) is 17.3 Å². The summed E-state index contributed by atoms with van der Waals surface area (Å²) in [5, 5.41) is 3.00. The van der Waals surface area contributed by atoms with Crippen LogP contribution in [-0.2, 0) is 6.54 Å². The first kappa shape index (κ1) is 12.2. The number of benzene rings is 2. The van der Waals surface area contributed by atoms with Gasteiger partial charge in [0.25, 0.3) is 0 Å². The highest BCUT2D eigenvalue weighted by atomic mass is 35.5. The molecule has 0 atom stereocenters. The molecule has 19 heavy (non-hydrogen) atoms. The summed E-state index contributed by atoms with van der Waals surface area (Å²) in [6.07, 6.45) is 3.74. The number of aromatic nitrogens is 1. The molecule has 3 aromatic rings. The van der Waals surface area contributed by atoms with Crippen molar-refractivity contribution in [2.75, 3.05) is 0 Å². The monoisotopic (exact) mass is 268 g/mol. The number of fused-ring (bicyclic) bond motifs is 1. The predicted octanol–water partition coefficient (Wildman–Crippen LogP) is 4.01. The van der Waals surface area contributed by atoms with E-state index in [1.54, 1.807) is 0 Å². The summed E-state index contributed by atoms with van der Waals surface area (Å²) >= 11 is 6.23. The van der Waals surface area contributed by atoms with Gasteiger partial charge in [0, 0.05) is 34.9 Å². The Morgan fingerprint density at radius 3 is 2.68 bits per heavy atom. The van der Waals surface area contributed by atoms with Crippen LogP contribution in [0.25, 0.3) is 21.9 Å². The second kappa shape index (κ2) is 5.00. The van der Waals surface area contributed by atoms with Gasteiger partial charge in [-0.2, -0.15) is 0 Å². The molecule has 0 bridgehead atoms. The first-order chi connectivity index (χ1) is 9.29. The van der Waals surface area contributed by atoms with Gasteiger partial charge in [-0.1, -0.05) is 48.0 Å². The number of hydrogen-bond acceptors (Lipinski definition) is 2. The summed E-state index contributed by atoms with van der Waals surface area (Å²) in [4.78, 5) is 4.29. The minimum Gasteiger partial charge on any atom is -0.326 e. The molecule has 0 saturated heterocycles. The van der Waals surface area contributed by atoms with Gasteiger partial charge in [-0.15, -0.1) is 0 Å². The number of nitrogens with two attached hydrogens (primary N) is 1. The van der Waals surface area contributed by atoms with Crippen molar-refractivity contribution in [3.63, 3.8) is 0 Å². The van der Waals surface area contributed by atoms with E-state index >= 15 is 0 Å². The third-order valence-corrected chi connectivity index (χ3v) is 3.60. The Bertz CT molecular complexity index is 732. The Balaban J connectivity index is 2.22. The summed E-state index contributed by atoms with van der Waals surface area (Å²) in [7, 11) is 0. The maximum absolute atomic E-state index is 6.23. The van der Waals surface area contributed by atoms with Gasteiger partial charge in [0.15, 0.2) is 0 Å². The Kier molecular flexibility index (Phi) is 3.20. The first-order valence-corrected chi connectivity index (χ1v) is 6.49. The van der Waals surface area contributed by atoms with E-state index in [0.717, 1.165) is 22.1 Å². The molecular formula is C16H13ClN2. The maximum atomic E-state index is 6.23. The van der Waals surface area contributed by atoms with Crippen molar-refractivity contribution in [3.8, 4) is 11.1 Å². The van der Waals surface area contributed by atoms with Crippen LogP contribution in [0, 0.1) is 0 Å². The van der Waals surface area contributed by atoms with Crippen molar-refractivity contribution < 1.29 is 0 Å². The molecule has 2 nitrogen and oxygen atoms in total. The smallest absolute Gasteiger partial charge is 0.0457 e. The van der Waals surface area contributed by atoms with Crippen molar-refractivity contribution in [2.24, 2.45) is 5.73 Å². The van der Waals surface area contributed by atoms with E-state index in [-0.39, 0.29) is 0 Å². The van der Waals surface area contributed by atoms with Crippen LogP contribution >= 0.6 is 11.6 Å². The molecule has 0 aliphatic heterocycles. The van der Waals surface area contributed by atoms with Gasteiger partial charge in [0.1, 0.15) is 0 Å². The summed E-state index contributed by atoms with van der Waals surface area (Å²) in [6, 6.07) is 14.2.